The van der Waals surface area contributed by atoms with E-state index in [1.807, 2.05) is 0 Å². The van der Waals surface area contributed by atoms with Gasteiger partial charge in [0.15, 0.2) is 0 Å². The Morgan fingerprint density at radius 3 is 2.59 bits per heavy atom. The summed E-state index contributed by atoms with van der Waals surface area (Å²) >= 11 is 0. The molecule has 0 saturated carbocycles. The van der Waals surface area contributed by atoms with Crippen LogP contribution in [0.15, 0.2) is 41.1 Å². The largest absolute Gasteiger partial charge is 0.448 e. The average Bonchev–Trinajstić information content (AvgIpc) is 3.22. The number of oxazole rings is 1. The summed E-state index contributed by atoms with van der Waals surface area (Å²) < 4.78 is 34.2. The number of hydrogen-bond acceptors (Lipinski definition) is 4. The van der Waals surface area contributed by atoms with Crippen LogP contribution in [0, 0.1) is 11.6 Å². The lowest BCUT2D eigenvalue weighted by atomic mass is 9.67. The van der Waals surface area contributed by atoms with E-state index in [9.17, 15) is 8.78 Å². The van der Waals surface area contributed by atoms with Gasteiger partial charge in [-0.15, -0.1) is 5.10 Å². The Morgan fingerprint density at radius 2 is 1.96 bits per heavy atom. The Balaban J connectivity index is 1.92. The fourth-order valence-electron chi connectivity index (χ4n) is 4.24. The molecule has 0 unspecified atom stereocenters. The van der Waals surface area contributed by atoms with Crippen LogP contribution < -0.4 is 0 Å². The van der Waals surface area contributed by atoms with Gasteiger partial charge in [-0.3, -0.25) is 0 Å². The van der Waals surface area contributed by atoms with Crippen LogP contribution in [0.1, 0.15) is 62.6 Å². The van der Waals surface area contributed by atoms with Crippen LogP contribution in [0.3, 0.4) is 0 Å². The van der Waals surface area contributed by atoms with Gasteiger partial charge in [0.25, 0.3) is 0 Å². The van der Waals surface area contributed by atoms with Crippen molar-refractivity contribution in [2.75, 3.05) is 0 Å². The Labute approximate surface area is 156 Å². The quantitative estimate of drug-likeness (QED) is 0.618. The molecule has 2 aromatic heterocycles. The molecule has 1 aliphatic rings. The van der Waals surface area contributed by atoms with Gasteiger partial charge in [-0.2, -0.15) is 5.10 Å². The fourth-order valence-corrected chi connectivity index (χ4v) is 4.24. The molecule has 1 aromatic carbocycles. The molecule has 0 aliphatic heterocycles. The lowest BCUT2D eigenvalue weighted by Crippen LogP contribution is -2.35. The molecule has 3 aromatic rings. The molecule has 6 heteroatoms. The predicted molar refractivity (Wildman–Crippen MR) is 97.2 cm³/mol. The molecule has 1 aliphatic carbocycles. The molecule has 4 rings (SSSR count). The highest BCUT2D eigenvalue weighted by Crippen LogP contribution is 2.48. The van der Waals surface area contributed by atoms with Crippen LogP contribution in [0.2, 0.25) is 0 Å². The van der Waals surface area contributed by atoms with Gasteiger partial charge >= 0.3 is 0 Å². The Kier molecular flexibility index (Phi) is 4.50. The number of nitrogens with zero attached hydrogens (tertiary/aromatic N) is 3. The molecule has 2 heterocycles. The minimum atomic E-state index is -0.637. The molecule has 0 radical (unpaired) electrons. The maximum Gasteiger partial charge on any atom is 0.206 e. The maximum atomic E-state index is 14.3. The van der Waals surface area contributed by atoms with E-state index < -0.39 is 17.0 Å². The summed E-state index contributed by atoms with van der Waals surface area (Å²) in [5.74, 6) is -0.385. The standard InChI is InChI=1S/C21H21F2N3O/c1-3-13-8-9-21(4-2,20-24-10-11-27-20)19-14(13)12-17(25-26-19)18-15(22)6-5-7-16(18)23/h5-7,10-13H,3-4,8-9H2,1-2H3/t13-,21-/m0/s1. The van der Waals surface area contributed by atoms with E-state index in [1.54, 1.807) is 18.5 Å². The highest BCUT2D eigenvalue weighted by Gasteiger charge is 2.45. The number of rotatable bonds is 4. The van der Waals surface area contributed by atoms with Crippen LogP contribution in [0.4, 0.5) is 8.78 Å². The van der Waals surface area contributed by atoms with E-state index in [1.165, 1.54) is 18.2 Å². The molecule has 0 spiro atoms. The minimum absolute atomic E-state index is 0.133. The Hall–Kier alpha value is -2.63. The topological polar surface area (TPSA) is 51.8 Å². The molecular weight excluding hydrogens is 348 g/mol. The van der Waals surface area contributed by atoms with Crippen LogP contribution in [0.5, 0.6) is 0 Å². The van der Waals surface area contributed by atoms with Gasteiger partial charge in [-0.25, -0.2) is 13.8 Å². The van der Waals surface area contributed by atoms with Crippen molar-refractivity contribution >= 4 is 0 Å². The summed E-state index contributed by atoms with van der Waals surface area (Å²) in [4.78, 5) is 4.39. The molecule has 0 fully saturated rings. The highest BCUT2D eigenvalue weighted by atomic mass is 19.1. The first-order valence-corrected chi connectivity index (χ1v) is 9.33. The molecule has 27 heavy (non-hydrogen) atoms. The van der Waals surface area contributed by atoms with Gasteiger partial charge in [0.2, 0.25) is 5.89 Å². The van der Waals surface area contributed by atoms with Crippen LogP contribution >= 0.6 is 0 Å². The SMILES string of the molecule is CC[C@H]1CC[C@](CC)(c2ncco2)c2nnc(-c3c(F)cccc3F)cc21. The summed E-state index contributed by atoms with van der Waals surface area (Å²) in [6.45, 7) is 4.19. The zero-order chi connectivity index (χ0) is 19.0. The lowest BCUT2D eigenvalue weighted by Gasteiger charge is -2.37. The third-order valence-electron chi connectivity index (χ3n) is 5.79. The number of halogens is 2. The fraction of sp³-hybridized carbons (Fsp3) is 0.381. The summed E-state index contributed by atoms with van der Waals surface area (Å²) in [6, 6.07) is 5.62. The Morgan fingerprint density at radius 1 is 1.19 bits per heavy atom. The third-order valence-corrected chi connectivity index (χ3v) is 5.79. The van der Waals surface area contributed by atoms with Crippen molar-refractivity contribution < 1.29 is 13.2 Å². The van der Waals surface area contributed by atoms with Crippen molar-refractivity contribution in [3.8, 4) is 11.3 Å². The molecule has 140 valence electrons. The van der Waals surface area contributed by atoms with Gasteiger partial charge in [0.05, 0.1) is 28.6 Å². The normalized spacial score (nSPS) is 21.9. The second-order valence-electron chi connectivity index (χ2n) is 7.05. The first-order chi connectivity index (χ1) is 13.1. The van der Waals surface area contributed by atoms with E-state index in [-0.39, 0.29) is 17.2 Å². The summed E-state index contributed by atoms with van der Waals surface area (Å²) in [5.41, 5.74) is 1.43. The Bertz CT molecular complexity index is 938. The van der Waals surface area contributed by atoms with Crippen molar-refractivity contribution in [3.63, 3.8) is 0 Å². The minimum Gasteiger partial charge on any atom is -0.448 e. The summed E-state index contributed by atoms with van der Waals surface area (Å²) in [6.07, 6.45) is 6.67. The molecule has 0 saturated heterocycles. The van der Waals surface area contributed by atoms with Crippen LogP contribution in [-0.2, 0) is 5.41 Å². The van der Waals surface area contributed by atoms with Crippen molar-refractivity contribution in [1.82, 2.24) is 15.2 Å². The second kappa shape index (κ2) is 6.83. The van der Waals surface area contributed by atoms with Gasteiger partial charge in [0, 0.05) is 0 Å². The second-order valence-corrected chi connectivity index (χ2v) is 7.05. The number of aromatic nitrogens is 3. The number of fused-ring (bicyclic) bond motifs is 1. The molecule has 2 atom stereocenters. The van der Waals surface area contributed by atoms with Gasteiger partial charge in [0.1, 0.15) is 17.9 Å². The number of benzene rings is 1. The highest BCUT2D eigenvalue weighted by molar-refractivity contribution is 5.62. The monoisotopic (exact) mass is 369 g/mol. The van der Waals surface area contributed by atoms with E-state index in [2.05, 4.69) is 29.0 Å². The van der Waals surface area contributed by atoms with Crippen molar-refractivity contribution in [3.05, 3.63) is 65.5 Å². The van der Waals surface area contributed by atoms with Gasteiger partial charge in [-0.1, -0.05) is 19.9 Å². The third kappa shape index (κ3) is 2.74. The zero-order valence-electron chi connectivity index (χ0n) is 15.4. The maximum absolute atomic E-state index is 14.3. The van der Waals surface area contributed by atoms with Crippen LogP contribution in [0.25, 0.3) is 11.3 Å². The first-order valence-electron chi connectivity index (χ1n) is 9.33. The predicted octanol–water partition coefficient (Wildman–Crippen LogP) is 5.39. The van der Waals surface area contributed by atoms with Crippen molar-refractivity contribution in [2.24, 2.45) is 0 Å². The summed E-state index contributed by atoms with van der Waals surface area (Å²) in [7, 11) is 0. The van der Waals surface area contributed by atoms with Crippen LogP contribution in [-0.4, -0.2) is 15.2 Å². The average molecular weight is 369 g/mol. The van der Waals surface area contributed by atoms with E-state index >= 15 is 0 Å². The molecule has 4 nitrogen and oxygen atoms in total. The van der Waals surface area contributed by atoms with E-state index in [0.717, 1.165) is 36.9 Å². The summed E-state index contributed by atoms with van der Waals surface area (Å²) in [5, 5.41) is 8.68. The number of hydrogen-bond donors (Lipinski definition) is 0. The van der Waals surface area contributed by atoms with Crippen molar-refractivity contribution in [2.45, 2.75) is 50.9 Å². The van der Waals surface area contributed by atoms with E-state index in [4.69, 9.17) is 4.42 Å². The van der Waals surface area contributed by atoms with Gasteiger partial charge in [-0.05, 0) is 55.4 Å². The first kappa shape index (κ1) is 17.8. The molecule has 0 bridgehead atoms. The van der Waals surface area contributed by atoms with Crippen molar-refractivity contribution in [1.29, 1.82) is 0 Å². The molecular formula is C21H21F2N3O. The molecule has 0 N–H and O–H groups in total. The molecule has 0 amide bonds. The van der Waals surface area contributed by atoms with Gasteiger partial charge < -0.3 is 4.42 Å². The van der Waals surface area contributed by atoms with E-state index in [0.29, 0.717) is 5.89 Å². The smallest absolute Gasteiger partial charge is 0.206 e. The lowest BCUT2D eigenvalue weighted by molar-refractivity contribution is 0.292. The zero-order valence-corrected chi connectivity index (χ0v) is 15.4.